The van der Waals surface area contributed by atoms with E-state index >= 15 is 0 Å². The third kappa shape index (κ3) is 4.05. The molecule has 0 saturated heterocycles. The molecular weight excluding hydrogens is 226 g/mol. The molecule has 18 heavy (non-hydrogen) atoms. The minimum Gasteiger partial charge on any atom is -0.364 e. The molecular formula is C15H25NO2. The Labute approximate surface area is 110 Å². The predicted octanol–water partition coefficient (Wildman–Crippen LogP) is 4.25. The zero-order valence-electron chi connectivity index (χ0n) is 11.4. The number of fused-ring (bicyclic) bond motifs is 1. The van der Waals surface area contributed by atoms with Gasteiger partial charge in [0.1, 0.15) is 0 Å². The highest BCUT2D eigenvalue weighted by atomic mass is 17.2. The number of rotatable bonds is 7. The third-order valence-electron chi connectivity index (χ3n) is 3.72. The van der Waals surface area contributed by atoms with Gasteiger partial charge < -0.3 is 9.87 Å². The fraction of sp³-hybridized carbons (Fsp3) is 0.733. The van der Waals surface area contributed by atoms with Crippen LogP contribution in [0.5, 0.6) is 5.75 Å². The molecule has 0 bridgehead atoms. The first-order valence-electron chi connectivity index (χ1n) is 7.35. The Balaban J connectivity index is 1.64. The topological polar surface area (TPSA) is 34.2 Å². The van der Waals surface area contributed by atoms with E-state index in [4.69, 9.17) is 9.78 Å². The van der Waals surface area contributed by atoms with Crippen molar-refractivity contribution in [2.75, 3.05) is 6.61 Å². The molecule has 2 heterocycles. The normalized spacial score (nSPS) is 19.1. The van der Waals surface area contributed by atoms with E-state index in [2.05, 4.69) is 11.9 Å². The second-order valence-electron chi connectivity index (χ2n) is 5.34. The highest BCUT2D eigenvalue weighted by molar-refractivity contribution is 5.30. The summed E-state index contributed by atoms with van der Waals surface area (Å²) in [7, 11) is 0. The molecule has 0 aliphatic carbocycles. The van der Waals surface area contributed by atoms with Gasteiger partial charge in [0.25, 0.3) is 0 Å². The second-order valence-corrected chi connectivity index (χ2v) is 5.34. The van der Waals surface area contributed by atoms with Gasteiger partial charge >= 0.3 is 0 Å². The van der Waals surface area contributed by atoms with E-state index in [1.807, 2.05) is 12.4 Å². The molecule has 3 nitrogen and oxygen atoms in total. The van der Waals surface area contributed by atoms with E-state index in [1.165, 1.54) is 50.5 Å². The molecule has 1 N–H and O–H groups in total. The largest absolute Gasteiger partial charge is 0.364 e. The van der Waals surface area contributed by atoms with E-state index in [1.54, 1.807) is 0 Å². The van der Waals surface area contributed by atoms with Gasteiger partial charge in [0.15, 0.2) is 5.75 Å². The van der Waals surface area contributed by atoms with Gasteiger partial charge in [-0.2, -0.15) is 4.89 Å². The second kappa shape index (κ2) is 7.47. The molecule has 1 aliphatic heterocycles. The summed E-state index contributed by atoms with van der Waals surface area (Å²) in [5.74, 6) is 1.47. The molecule has 3 heteroatoms. The summed E-state index contributed by atoms with van der Waals surface area (Å²) in [6.45, 7) is 2.99. The fourth-order valence-electron chi connectivity index (χ4n) is 2.58. The highest BCUT2D eigenvalue weighted by Crippen LogP contribution is 2.27. The summed E-state index contributed by atoms with van der Waals surface area (Å²) in [5.41, 5.74) is 1.25. The van der Waals surface area contributed by atoms with Gasteiger partial charge in [0.2, 0.25) is 0 Å². The summed E-state index contributed by atoms with van der Waals surface area (Å²) in [6, 6.07) is 0. The number of hydrogen-bond donors (Lipinski definition) is 1. The van der Waals surface area contributed by atoms with Crippen molar-refractivity contribution in [2.45, 2.75) is 58.3 Å². The van der Waals surface area contributed by atoms with Crippen LogP contribution in [0.3, 0.4) is 0 Å². The van der Waals surface area contributed by atoms with E-state index in [0.29, 0.717) is 5.92 Å². The van der Waals surface area contributed by atoms with Gasteiger partial charge in [0, 0.05) is 18.0 Å². The molecule has 2 rings (SSSR count). The van der Waals surface area contributed by atoms with Gasteiger partial charge in [-0.05, 0) is 18.8 Å². The summed E-state index contributed by atoms with van der Waals surface area (Å²) in [5, 5.41) is 0. The lowest BCUT2D eigenvalue weighted by molar-refractivity contribution is -0.212. The minimum atomic E-state index is 0.605. The number of aromatic nitrogens is 1. The van der Waals surface area contributed by atoms with Crippen LogP contribution in [-0.4, -0.2) is 11.6 Å². The average Bonchev–Trinajstić information content (AvgIpc) is 2.72. The Kier molecular flexibility index (Phi) is 5.59. The van der Waals surface area contributed by atoms with Crippen LogP contribution in [-0.2, 0) is 11.3 Å². The van der Waals surface area contributed by atoms with Crippen LogP contribution in [0.2, 0.25) is 0 Å². The smallest absolute Gasteiger partial charge is 0.185 e. The molecule has 0 saturated carbocycles. The summed E-state index contributed by atoms with van der Waals surface area (Å²) < 4.78 is 0. The average molecular weight is 251 g/mol. The first-order valence-corrected chi connectivity index (χ1v) is 7.35. The lowest BCUT2D eigenvalue weighted by atomic mass is 9.95. The molecule has 0 radical (unpaired) electrons. The molecule has 1 atom stereocenters. The highest BCUT2D eigenvalue weighted by Gasteiger charge is 2.19. The number of H-pyrrole nitrogens is 1. The molecule has 0 amide bonds. The molecule has 1 aromatic rings. The van der Waals surface area contributed by atoms with Crippen LogP contribution in [0.1, 0.15) is 57.4 Å². The van der Waals surface area contributed by atoms with Crippen molar-refractivity contribution in [1.29, 1.82) is 0 Å². The maximum Gasteiger partial charge on any atom is 0.185 e. The van der Waals surface area contributed by atoms with Gasteiger partial charge in [-0.1, -0.05) is 45.4 Å². The first kappa shape index (κ1) is 13.5. The Morgan fingerprint density at radius 1 is 1.17 bits per heavy atom. The molecule has 0 aromatic carbocycles. The Hall–Kier alpha value is -0.960. The van der Waals surface area contributed by atoms with Crippen molar-refractivity contribution >= 4 is 0 Å². The van der Waals surface area contributed by atoms with Gasteiger partial charge in [-0.3, -0.25) is 0 Å². The third-order valence-corrected chi connectivity index (χ3v) is 3.72. The van der Waals surface area contributed by atoms with Gasteiger partial charge in [0.05, 0.1) is 6.61 Å². The lowest BCUT2D eigenvalue weighted by Crippen LogP contribution is -2.10. The van der Waals surface area contributed by atoms with Gasteiger partial charge in [-0.25, -0.2) is 0 Å². The van der Waals surface area contributed by atoms with E-state index in [0.717, 1.165) is 18.8 Å². The maximum absolute atomic E-state index is 5.27. The van der Waals surface area contributed by atoms with Crippen LogP contribution >= 0.6 is 0 Å². The number of nitrogens with one attached hydrogen (secondary N) is 1. The van der Waals surface area contributed by atoms with Crippen LogP contribution in [0.25, 0.3) is 0 Å². The van der Waals surface area contributed by atoms with Crippen LogP contribution in [0, 0.1) is 5.92 Å². The number of unbranched alkanes of at least 4 members (excludes halogenated alkanes) is 5. The SMILES string of the molecule is CCCCCCCCC1COOc2c[nH]cc2C1. The van der Waals surface area contributed by atoms with Crippen molar-refractivity contribution in [1.82, 2.24) is 4.98 Å². The summed E-state index contributed by atoms with van der Waals surface area (Å²) >= 11 is 0. The molecule has 1 aromatic heterocycles. The monoisotopic (exact) mass is 251 g/mol. The first-order chi connectivity index (χ1) is 8.90. The van der Waals surface area contributed by atoms with Crippen LogP contribution in [0.4, 0.5) is 0 Å². The zero-order valence-corrected chi connectivity index (χ0v) is 11.4. The molecule has 0 spiro atoms. The fourth-order valence-corrected chi connectivity index (χ4v) is 2.58. The van der Waals surface area contributed by atoms with Crippen molar-refractivity contribution in [3.63, 3.8) is 0 Å². The van der Waals surface area contributed by atoms with Crippen molar-refractivity contribution < 1.29 is 9.78 Å². The molecule has 1 aliphatic rings. The van der Waals surface area contributed by atoms with E-state index < -0.39 is 0 Å². The van der Waals surface area contributed by atoms with Gasteiger partial charge in [-0.15, -0.1) is 0 Å². The standard InChI is InChI=1S/C15H25NO2/c1-2-3-4-5-6-7-8-13-9-14-10-16-11-15(14)18-17-12-13/h10-11,13,16H,2-9,12H2,1H3. The molecule has 0 fully saturated rings. The maximum atomic E-state index is 5.27. The Morgan fingerprint density at radius 2 is 2.00 bits per heavy atom. The molecule has 102 valence electrons. The van der Waals surface area contributed by atoms with Crippen LogP contribution in [0.15, 0.2) is 12.4 Å². The predicted molar refractivity (Wildman–Crippen MR) is 72.6 cm³/mol. The summed E-state index contributed by atoms with van der Waals surface area (Å²) in [4.78, 5) is 13.6. The Bertz CT molecular complexity index is 335. The number of aromatic amines is 1. The zero-order chi connectivity index (χ0) is 12.6. The van der Waals surface area contributed by atoms with Crippen molar-refractivity contribution in [3.05, 3.63) is 18.0 Å². The van der Waals surface area contributed by atoms with Crippen molar-refractivity contribution in [3.8, 4) is 5.75 Å². The summed E-state index contributed by atoms with van der Waals surface area (Å²) in [6.07, 6.45) is 14.4. The quantitative estimate of drug-likeness (QED) is 0.580. The van der Waals surface area contributed by atoms with Crippen molar-refractivity contribution in [2.24, 2.45) is 5.92 Å². The molecule has 1 unspecified atom stereocenters. The van der Waals surface area contributed by atoms with E-state index in [9.17, 15) is 0 Å². The number of hydrogen-bond acceptors (Lipinski definition) is 2. The Morgan fingerprint density at radius 3 is 2.89 bits per heavy atom. The van der Waals surface area contributed by atoms with E-state index in [-0.39, 0.29) is 0 Å². The minimum absolute atomic E-state index is 0.605. The van der Waals surface area contributed by atoms with Crippen LogP contribution < -0.4 is 4.89 Å². The lowest BCUT2D eigenvalue weighted by Gasteiger charge is -2.11.